The van der Waals surface area contributed by atoms with Crippen LogP contribution in [-0.2, 0) is 4.74 Å². The lowest BCUT2D eigenvalue weighted by atomic mass is 10.1. The lowest BCUT2D eigenvalue weighted by Crippen LogP contribution is -2.54. The van der Waals surface area contributed by atoms with Gasteiger partial charge in [0, 0.05) is 18.8 Å². The molecule has 98 valence electrons. The van der Waals surface area contributed by atoms with Crippen LogP contribution >= 0.6 is 11.8 Å². The van der Waals surface area contributed by atoms with Crippen LogP contribution in [0.1, 0.15) is 33.6 Å². The van der Waals surface area contributed by atoms with Crippen molar-refractivity contribution >= 4 is 17.9 Å². The first-order chi connectivity index (χ1) is 7.90. The Balaban J connectivity index is 1.95. The van der Waals surface area contributed by atoms with Crippen LogP contribution in [0.2, 0.25) is 0 Å². The molecule has 4 nitrogen and oxygen atoms in total. The highest BCUT2D eigenvalue weighted by atomic mass is 32.2. The molecule has 1 amide bonds. The minimum Gasteiger partial charge on any atom is -0.444 e. The fourth-order valence-electron chi connectivity index (χ4n) is 2.34. The van der Waals surface area contributed by atoms with Gasteiger partial charge in [-0.2, -0.15) is 0 Å². The minimum absolute atomic E-state index is 0.0924. The maximum atomic E-state index is 12.0. The number of rotatable bonds is 0. The molecule has 5 heteroatoms. The van der Waals surface area contributed by atoms with E-state index in [2.05, 4.69) is 5.32 Å². The summed E-state index contributed by atoms with van der Waals surface area (Å²) in [5.41, 5.74) is -0.405. The summed E-state index contributed by atoms with van der Waals surface area (Å²) in [5.74, 6) is 1.14. The van der Waals surface area contributed by atoms with Crippen molar-refractivity contribution in [3.05, 3.63) is 0 Å². The Kier molecular flexibility index (Phi) is 3.59. The number of likely N-dealkylation sites (tertiary alicyclic amines) is 1. The average Bonchev–Trinajstić information content (AvgIpc) is 2.64. The van der Waals surface area contributed by atoms with Crippen LogP contribution in [0.15, 0.2) is 0 Å². The molecule has 0 bridgehead atoms. The number of hydrogen-bond acceptors (Lipinski definition) is 4. The van der Waals surface area contributed by atoms with E-state index in [9.17, 15) is 4.79 Å². The third-order valence-corrected chi connectivity index (χ3v) is 4.47. The SMILES string of the molecule is CC(C)(C)OC(=O)N1CCCC2(C1)NCCS2. The molecule has 1 N–H and O–H groups in total. The Hall–Kier alpha value is -0.420. The quantitative estimate of drug-likeness (QED) is 0.722. The van der Waals surface area contributed by atoms with Crippen molar-refractivity contribution in [3.8, 4) is 0 Å². The van der Waals surface area contributed by atoms with Gasteiger partial charge in [0.25, 0.3) is 0 Å². The molecule has 1 unspecified atom stereocenters. The third kappa shape index (κ3) is 3.28. The highest BCUT2D eigenvalue weighted by molar-refractivity contribution is 8.00. The minimum atomic E-state index is -0.405. The number of carbonyl (C=O) groups is 1. The number of ether oxygens (including phenoxy) is 1. The van der Waals surface area contributed by atoms with Gasteiger partial charge in [-0.1, -0.05) is 0 Å². The van der Waals surface area contributed by atoms with Crippen LogP contribution in [0.3, 0.4) is 0 Å². The first kappa shape index (κ1) is 13.0. The highest BCUT2D eigenvalue weighted by Crippen LogP contribution is 2.35. The van der Waals surface area contributed by atoms with Crippen molar-refractivity contribution in [2.45, 2.75) is 44.1 Å². The molecule has 2 aliphatic rings. The summed E-state index contributed by atoms with van der Waals surface area (Å²) in [6.07, 6.45) is 2.03. The van der Waals surface area contributed by atoms with E-state index in [1.807, 2.05) is 37.4 Å². The Bertz CT molecular complexity index is 295. The Morgan fingerprint density at radius 2 is 2.24 bits per heavy atom. The van der Waals surface area contributed by atoms with Gasteiger partial charge in [-0.25, -0.2) is 4.79 Å². The van der Waals surface area contributed by atoms with Crippen LogP contribution in [0.25, 0.3) is 0 Å². The predicted molar refractivity (Wildman–Crippen MR) is 70.2 cm³/mol. The van der Waals surface area contributed by atoms with Gasteiger partial charge in [-0.15, -0.1) is 11.8 Å². The zero-order valence-electron chi connectivity index (χ0n) is 10.9. The van der Waals surface area contributed by atoms with Gasteiger partial charge in [-0.3, -0.25) is 0 Å². The Morgan fingerprint density at radius 3 is 2.82 bits per heavy atom. The van der Waals surface area contributed by atoms with Crippen LogP contribution in [0.5, 0.6) is 0 Å². The standard InChI is InChI=1S/C12H22N2O2S/c1-11(2,3)16-10(15)14-7-4-5-12(9-14)13-6-8-17-12/h13H,4-9H2,1-3H3. The van der Waals surface area contributed by atoms with Gasteiger partial charge < -0.3 is 15.0 Å². The molecule has 0 aromatic heterocycles. The molecule has 0 radical (unpaired) electrons. The maximum Gasteiger partial charge on any atom is 0.410 e. The van der Waals surface area contributed by atoms with E-state index >= 15 is 0 Å². The van der Waals surface area contributed by atoms with E-state index in [1.165, 1.54) is 0 Å². The normalized spacial score (nSPS) is 29.7. The fourth-order valence-corrected chi connectivity index (χ4v) is 3.68. The Morgan fingerprint density at radius 1 is 1.47 bits per heavy atom. The number of piperidine rings is 1. The molecule has 2 rings (SSSR count). The van der Waals surface area contributed by atoms with Crippen molar-refractivity contribution in [2.75, 3.05) is 25.4 Å². The molecule has 2 heterocycles. The molecule has 17 heavy (non-hydrogen) atoms. The summed E-state index contributed by atoms with van der Waals surface area (Å²) in [7, 11) is 0. The molecular weight excluding hydrogens is 236 g/mol. The zero-order valence-corrected chi connectivity index (χ0v) is 11.7. The van der Waals surface area contributed by atoms with E-state index in [-0.39, 0.29) is 11.0 Å². The number of nitrogens with zero attached hydrogens (tertiary/aromatic N) is 1. The molecular formula is C12H22N2O2S. The summed E-state index contributed by atoms with van der Waals surface area (Å²) in [5, 5.41) is 3.53. The topological polar surface area (TPSA) is 41.6 Å². The second-order valence-electron chi connectivity index (χ2n) is 5.77. The predicted octanol–water partition coefficient (Wildman–Crippen LogP) is 2.05. The van der Waals surface area contributed by atoms with Crippen molar-refractivity contribution in [1.29, 1.82) is 0 Å². The van der Waals surface area contributed by atoms with Gasteiger partial charge in [0.2, 0.25) is 0 Å². The molecule has 1 spiro atoms. The second-order valence-corrected chi connectivity index (χ2v) is 7.25. The molecule has 0 saturated carbocycles. The Labute approximate surface area is 107 Å². The first-order valence-electron chi connectivity index (χ1n) is 6.27. The van der Waals surface area contributed by atoms with Crippen LogP contribution in [0.4, 0.5) is 4.79 Å². The molecule has 2 saturated heterocycles. The largest absolute Gasteiger partial charge is 0.444 e. The summed E-state index contributed by atoms with van der Waals surface area (Å²) >= 11 is 1.94. The number of nitrogens with one attached hydrogen (secondary N) is 1. The third-order valence-electron chi connectivity index (χ3n) is 3.03. The molecule has 0 aliphatic carbocycles. The van der Waals surface area contributed by atoms with Crippen molar-refractivity contribution in [2.24, 2.45) is 0 Å². The van der Waals surface area contributed by atoms with Gasteiger partial charge in [0.1, 0.15) is 5.60 Å². The lowest BCUT2D eigenvalue weighted by molar-refractivity contribution is 0.0175. The smallest absolute Gasteiger partial charge is 0.410 e. The molecule has 0 aromatic carbocycles. The van der Waals surface area contributed by atoms with Crippen LogP contribution in [0, 0.1) is 0 Å². The molecule has 2 aliphatic heterocycles. The maximum absolute atomic E-state index is 12.0. The lowest BCUT2D eigenvalue weighted by Gasteiger charge is -2.40. The van der Waals surface area contributed by atoms with Crippen molar-refractivity contribution in [3.63, 3.8) is 0 Å². The van der Waals surface area contributed by atoms with Crippen LogP contribution in [-0.4, -0.2) is 46.9 Å². The van der Waals surface area contributed by atoms with Gasteiger partial charge in [0.15, 0.2) is 0 Å². The summed E-state index contributed by atoms with van der Waals surface area (Å²) in [6.45, 7) is 8.37. The number of hydrogen-bond donors (Lipinski definition) is 1. The second kappa shape index (κ2) is 4.69. The van der Waals surface area contributed by atoms with E-state index in [0.29, 0.717) is 0 Å². The first-order valence-corrected chi connectivity index (χ1v) is 7.26. The highest BCUT2D eigenvalue weighted by Gasteiger charge is 2.40. The fraction of sp³-hybridized carbons (Fsp3) is 0.917. The van der Waals surface area contributed by atoms with Crippen LogP contribution < -0.4 is 5.32 Å². The van der Waals surface area contributed by atoms with Crippen molar-refractivity contribution in [1.82, 2.24) is 10.2 Å². The van der Waals surface area contributed by atoms with E-state index in [4.69, 9.17) is 4.74 Å². The van der Waals surface area contributed by atoms with Crippen molar-refractivity contribution < 1.29 is 9.53 Å². The van der Waals surface area contributed by atoms with E-state index < -0.39 is 5.60 Å². The average molecular weight is 258 g/mol. The number of carbonyl (C=O) groups excluding carboxylic acids is 1. The van der Waals surface area contributed by atoms with Gasteiger partial charge in [0.05, 0.1) is 11.4 Å². The van der Waals surface area contributed by atoms with Gasteiger partial charge >= 0.3 is 6.09 Å². The molecule has 0 aromatic rings. The monoisotopic (exact) mass is 258 g/mol. The van der Waals surface area contributed by atoms with E-state index in [1.54, 1.807) is 0 Å². The van der Waals surface area contributed by atoms with E-state index in [0.717, 1.165) is 38.2 Å². The number of thioether (sulfide) groups is 1. The molecule has 1 atom stereocenters. The zero-order chi connectivity index (χ0) is 12.5. The summed E-state index contributed by atoms with van der Waals surface area (Å²) in [6, 6.07) is 0. The summed E-state index contributed by atoms with van der Waals surface area (Å²) < 4.78 is 5.43. The summed E-state index contributed by atoms with van der Waals surface area (Å²) in [4.78, 5) is 14.0. The molecule has 2 fully saturated rings. The number of amides is 1. The van der Waals surface area contributed by atoms with Gasteiger partial charge in [-0.05, 0) is 33.6 Å².